The van der Waals surface area contributed by atoms with Crippen molar-refractivity contribution in [3.63, 3.8) is 0 Å². The van der Waals surface area contributed by atoms with Crippen molar-refractivity contribution in [3.8, 4) is 17.0 Å². The molecule has 2 aromatic rings. The van der Waals surface area contributed by atoms with Gasteiger partial charge < -0.3 is 9.64 Å². The number of ether oxygens (including phenoxy) is 1. The van der Waals surface area contributed by atoms with Crippen LogP contribution >= 0.6 is 0 Å². The van der Waals surface area contributed by atoms with Crippen LogP contribution in [0.3, 0.4) is 0 Å². The Bertz CT molecular complexity index is 822. The highest BCUT2D eigenvalue weighted by Gasteiger charge is 2.19. The number of hydrogen-bond donors (Lipinski definition) is 0. The smallest absolute Gasteiger partial charge is 0.266 e. The van der Waals surface area contributed by atoms with Gasteiger partial charge in [0.2, 0.25) is 0 Å². The number of fused-ring (bicyclic) bond motifs is 3. The highest BCUT2D eigenvalue weighted by molar-refractivity contribution is 5.70. The molecule has 0 amide bonds. The fraction of sp³-hybridized carbons (Fsp3) is 0.500. The maximum absolute atomic E-state index is 11.8. The van der Waals surface area contributed by atoms with Crippen molar-refractivity contribution in [1.29, 1.82) is 0 Å². The van der Waals surface area contributed by atoms with E-state index in [0.29, 0.717) is 0 Å². The van der Waals surface area contributed by atoms with Gasteiger partial charge >= 0.3 is 0 Å². The molecule has 1 saturated heterocycles. The average Bonchev–Trinajstić information content (AvgIpc) is 3.13. The van der Waals surface area contributed by atoms with Crippen LogP contribution in [0.4, 0.5) is 0 Å². The molecule has 4 rings (SSSR count). The van der Waals surface area contributed by atoms with E-state index >= 15 is 0 Å². The van der Waals surface area contributed by atoms with Gasteiger partial charge in [-0.3, -0.25) is 4.79 Å². The highest BCUT2D eigenvalue weighted by Crippen LogP contribution is 2.33. The van der Waals surface area contributed by atoms with Gasteiger partial charge in [0, 0.05) is 25.2 Å². The molecule has 1 aliphatic carbocycles. The Hall–Kier alpha value is -2.14. The summed E-state index contributed by atoms with van der Waals surface area (Å²) < 4.78 is 7.37. The third-order valence-electron chi connectivity index (χ3n) is 5.25. The van der Waals surface area contributed by atoms with E-state index in [2.05, 4.69) is 22.1 Å². The minimum Gasteiger partial charge on any atom is -0.494 e. The molecule has 1 aliphatic heterocycles. The minimum absolute atomic E-state index is 0.0415. The first-order chi connectivity index (χ1) is 12.2. The summed E-state index contributed by atoms with van der Waals surface area (Å²) in [6.45, 7) is 4.39. The Morgan fingerprint density at radius 1 is 1.12 bits per heavy atom. The van der Waals surface area contributed by atoms with Gasteiger partial charge in [-0.2, -0.15) is 5.10 Å². The van der Waals surface area contributed by atoms with Crippen molar-refractivity contribution in [2.45, 2.75) is 32.1 Å². The van der Waals surface area contributed by atoms with Crippen LogP contribution in [0.15, 0.2) is 29.1 Å². The number of hydrogen-bond acceptors (Lipinski definition) is 4. The van der Waals surface area contributed by atoms with Crippen molar-refractivity contribution in [2.24, 2.45) is 7.05 Å². The largest absolute Gasteiger partial charge is 0.494 e. The van der Waals surface area contributed by atoms with Crippen molar-refractivity contribution in [3.05, 3.63) is 45.7 Å². The van der Waals surface area contributed by atoms with E-state index in [-0.39, 0.29) is 5.56 Å². The first-order valence-corrected chi connectivity index (χ1v) is 9.26. The van der Waals surface area contributed by atoms with Crippen LogP contribution in [-0.4, -0.2) is 40.9 Å². The lowest BCUT2D eigenvalue weighted by molar-refractivity contribution is 0.263. The molecule has 1 aromatic heterocycles. The van der Waals surface area contributed by atoms with Gasteiger partial charge in [0.25, 0.3) is 5.56 Å². The predicted octanol–water partition coefficient (Wildman–Crippen LogP) is 2.41. The van der Waals surface area contributed by atoms with Gasteiger partial charge in [0.1, 0.15) is 5.75 Å². The Kier molecular flexibility index (Phi) is 4.57. The van der Waals surface area contributed by atoms with Gasteiger partial charge in [-0.05, 0) is 74.5 Å². The van der Waals surface area contributed by atoms with E-state index in [4.69, 9.17) is 4.74 Å². The Morgan fingerprint density at radius 3 is 2.76 bits per heavy atom. The summed E-state index contributed by atoms with van der Waals surface area (Å²) in [7, 11) is 1.70. The van der Waals surface area contributed by atoms with Crippen molar-refractivity contribution < 1.29 is 4.74 Å². The monoisotopic (exact) mass is 339 g/mol. The fourth-order valence-electron chi connectivity index (χ4n) is 3.84. The number of aryl methyl sites for hydroxylation is 3. The zero-order valence-electron chi connectivity index (χ0n) is 14.8. The topological polar surface area (TPSA) is 47.4 Å². The average molecular weight is 339 g/mol. The molecule has 5 nitrogen and oxygen atoms in total. The SMILES string of the molecule is Cn1nc2c(cc1=O)CCc1cc(OCCCN3CCCC3)ccc1-2. The zero-order chi connectivity index (χ0) is 17.2. The molecular weight excluding hydrogens is 314 g/mol. The minimum atomic E-state index is -0.0415. The summed E-state index contributed by atoms with van der Waals surface area (Å²) in [5.41, 5.74) is 4.33. The molecule has 1 aromatic carbocycles. The molecule has 0 bridgehead atoms. The van der Waals surface area contributed by atoms with Gasteiger partial charge in [0.05, 0.1) is 12.3 Å². The standard InChI is InChI=1S/C20H25N3O2/c1-22-19(24)14-16-6-5-15-13-17(7-8-18(15)20(16)21-22)25-12-4-11-23-9-2-3-10-23/h7-8,13-14H,2-6,9-12H2,1H3. The van der Waals surface area contributed by atoms with E-state index < -0.39 is 0 Å². The van der Waals surface area contributed by atoms with Crippen LogP contribution in [0.2, 0.25) is 0 Å². The summed E-state index contributed by atoms with van der Waals surface area (Å²) in [6, 6.07) is 7.96. The summed E-state index contributed by atoms with van der Waals surface area (Å²) >= 11 is 0. The maximum atomic E-state index is 11.8. The van der Waals surface area contributed by atoms with Crippen LogP contribution in [0.1, 0.15) is 30.4 Å². The van der Waals surface area contributed by atoms with Crippen molar-refractivity contribution >= 4 is 0 Å². The van der Waals surface area contributed by atoms with Gasteiger partial charge in [0.15, 0.2) is 0 Å². The van der Waals surface area contributed by atoms with Gasteiger partial charge in [-0.1, -0.05) is 0 Å². The third kappa shape index (κ3) is 3.47. The maximum Gasteiger partial charge on any atom is 0.266 e. The van der Waals surface area contributed by atoms with Crippen molar-refractivity contribution in [1.82, 2.24) is 14.7 Å². The van der Waals surface area contributed by atoms with Crippen LogP contribution in [0.25, 0.3) is 11.3 Å². The number of likely N-dealkylation sites (tertiary alicyclic amines) is 1. The van der Waals surface area contributed by atoms with E-state index in [1.54, 1.807) is 13.1 Å². The molecule has 0 radical (unpaired) electrons. The molecule has 1 fully saturated rings. The Balaban J connectivity index is 1.43. The molecule has 2 heterocycles. The second-order valence-electron chi connectivity index (χ2n) is 7.05. The molecule has 25 heavy (non-hydrogen) atoms. The van der Waals surface area contributed by atoms with Crippen LogP contribution < -0.4 is 10.3 Å². The predicted molar refractivity (Wildman–Crippen MR) is 98.1 cm³/mol. The number of aromatic nitrogens is 2. The summed E-state index contributed by atoms with van der Waals surface area (Å²) in [5, 5.41) is 4.46. The zero-order valence-corrected chi connectivity index (χ0v) is 14.8. The highest BCUT2D eigenvalue weighted by atomic mass is 16.5. The summed E-state index contributed by atoms with van der Waals surface area (Å²) in [5.74, 6) is 0.938. The molecule has 0 saturated carbocycles. The third-order valence-corrected chi connectivity index (χ3v) is 5.25. The molecule has 5 heteroatoms. The van der Waals surface area contributed by atoms with Crippen LogP contribution in [0, 0.1) is 0 Å². The Labute approximate surface area is 148 Å². The number of nitrogens with zero attached hydrogens (tertiary/aromatic N) is 3. The molecular formula is C20H25N3O2. The second kappa shape index (κ2) is 7.00. The van der Waals surface area contributed by atoms with Crippen LogP contribution in [-0.2, 0) is 19.9 Å². The van der Waals surface area contributed by atoms with E-state index in [1.807, 2.05) is 6.07 Å². The lowest BCUT2D eigenvalue weighted by Gasteiger charge is -2.20. The van der Waals surface area contributed by atoms with Gasteiger partial charge in [-0.15, -0.1) is 0 Å². The first kappa shape index (κ1) is 16.3. The van der Waals surface area contributed by atoms with Gasteiger partial charge in [-0.25, -0.2) is 4.68 Å². The summed E-state index contributed by atoms with van der Waals surface area (Å²) in [4.78, 5) is 14.3. The van der Waals surface area contributed by atoms with E-state index in [0.717, 1.165) is 55.0 Å². The lowest BCUT2D eigenvalue weighted by atomic mass is 9.89. The quantitative estimate of drug-likeness (QED) is 0.785. The number of rotatable bonds is 5. The van der Waals surface area contributed by atoms with E-state index in [1.165, 1.54) is 36.2 Å². The molecule has 0 atom stereocenters. The molecule has 0 N–H and O–H groups in total. The molecule has 132 valence electrons. The lowest BCUT2D eigenvalue weighted by Crippen LogP contribution is -2.22. The first-order valence-electron chi connectivity index (χ1n) is 9.26. The molecule has 2 aliphatic rings. The Morgan fingerprint density at radius 2 is 1.92 bits per heavy atom. The van der Waals surface area contributed by atoms with Crippen molar-refractivity contribution in [2.75, 3.05) is 26.2 Å². The molecule has 0 spiro atoms. The van der Waals surface area contributed by atoms with E-state index in [9.17, 15) is 4.79 Å². The molecule has 0 unspecified atom stereocenters. The summed E-state index contributed by atoms with van der Waals surface area (Å²) in [6.07, 6.45) is 5.55. The normalized spacial score (nSPS) is 16.5. The fourth-order valence-corrected chi connectivity index (χ4v) is 3.84. The second-order valence-corrected chi connectivity index (χ2v) is 7.05. The van der Waals surface area contributed by atoms with Crippen LogP contribution in [0.5, 0.6) is 5.75 Å². The number of benzene rings is 1.